The van der Waals surface area contributed by atoms with Crippen molar-refractivity contribution in [3.8, 4) is 0 Å². The molecule has 7 heteroatoms. The van der Waals surface area contributed by atoms with E-state index in [1.807, 2.05) is 6.07 Å². The molecule has 0 aliphatic carbocycles. The third-order valence-corrected chi connectivity index (χ3v) is 6.05. The number of nitrogens with zero attached hydrogens (tertiary/aromatic N) is 4. The fourth-order valence-electron chi connectivity index (χ4n) is 4.32. The first kappa shape index (κ1) is 20.2. The molecule has 0 saturated carbocycles. The van der Waals surface area contributed by atoms with Gasteiger partial charge in [0.25, 0.3) is 0 Å². The maximum Gasteiger partial charge on any atom is 0.240 e. The quantitative estimate of drug-likeness (QED) is 0.636. The van der Waals surface area contributed by atoms with Crippen LogP contribution in [-0.2, 0) is 11.3 Å². The van der Waals surface area contributed by atoms with Crippen molar-refractivity contribution in [2.24, 2.45) is 0 Å². The predicted octanol–water partition coefficient (Wildman–Crippen LogP) is 3.37. The normalized spacial score (nSPS) is 18.8. The Bertz CT molecular complexity index is 984. The highest BCUT2D eigenvalue weighted by Gasteiger charge is 2.21. The molecule has 7 nitrogen and oxygen atoms in total. The minimum absolute atomic E-state index is 0.418. The molecule has 2 aliphatic heterocycles. The number of benzene rings is 2. The lowest BCUT2D eigenvalue weighted by molar-refractivity contribution is 0.0493. The number of nitrogens with one attached hydrogen (secondary N) is 2. The zero-order valence-electron chi connectivity index (χ0n) is 17.8. The molecule has 162 valence electrons. The van der Waals surface area contributed by atoms with E-state index in [1.165, 1.54) is 5.56 Å². The van der Waals surface area contributed by atoms with Crippen LogP contribution in [0.15, 0.2) is 54.6 Å². The Kier molecular flexibility index (Phi) is 6.25. The summed E-state index contributed by atoms with van der Waals surface area (Å²) in [5, 5.41) is 6.92. The summed E-state index contributed by atoms with van der Waals surface area (Å²) in [7, 11) is 0. The first-order chi connectivity index (χ1) is 15.3. The van der Waals surface area contributed by atoms with E-state index in [4.69, 9.17) is 14.7 Å². The summed E-state index contributed by atoms with van der Waals surface area (Å²) < 4.78 is 5.44. The smallest absolute Gasteiger partial charge is 0.240 e. The lowest BCUT2D eigenvalue weighted by Gasteiger charge is -2.33. The molecular weight excluding hydrogens is 388 g/mol. The molecule has 0 bridgehead atoms. The zero-order chi connectivity index (χ0) is 20.9. The van der Waals surface area contributed by atoms with Gasteiger partial charge >= 0.3 is 0 Å². The number of ether oxygens (including phenoxy) is 1. The summed E-state index contributed by atoms with van der Waals surface area (Å²) >= 11 is 0. The molecule has 2 aromatic carbocycles. The van der Waals surface area contributed by atoms with Crippen molar-refractivity contribution >= 4 is 22.7 Å². The first-order valence-corrected chi connectivity index (χ1v) is 11.2. The van der Waals surface area contributed by atoms with Gasteiger partial charge in [0.05, 0.1) is 18.7 Å². The van der Waals surface area contributed by atoms with Crippen molar-refractivity contribution in [3.05, 3.63) is 60.2 Å². The Balaban J connectivity index is 1.26. The van der Waals surface area contributed by atoms with Gasteiger partial charge in [0.1, 0.15) is 5.82 Å². The van der Waals surface area contributed by atoms with Crippen LogP contribution in [0.4, 0.5) is 11.8 Å². The van der Waals surface area contributed by atoms with Crippen LogP contribution in [0.3, 0.4) is 0 Å². The Morgan fingerprint density at radius 3 is 2.42 bits per heavy atom. The first-order valence-electron chi connectivity index (χ1n) is 11.2. The standard InChI is InChI=1S/C24H30N6O/c1-2-6-19(7-3-1)18-29-12-10-20(11-13-29)25-23-21-8-4-5-9-22(21)26-24(27-23)28-30-14-16-31-17-15-30/h1-9,20H,10-18H2,(H2,25,26,27,28). The molecule has 0 atom stereocenters. The zero-order valence-corrected chi connectivity index (χ0v) is 17.8. The summed E-state index contributed by atoms with van der Waals surface area (Å²) in [5.74, 6) is 1.56. The van der Waals surface area contributed by atoms with E-state index in [1.54, 1.807) is 0 Å². The van der Waals surface area contributed by atoms with Gasteiger partial charge in [0.2, 0.25) is 5.95 Å². The van der Waals surface area contributed by atoms with E-state index in [-0.39, 0.29) is 0 Å². The molecule has 3 aromatic rings. The number of para-hydroxylation sites is 1. The van der Waals surface area contributed by atoms with Crippen molar-refractivity contribution in [3.63, 3.8) is 0 Å². The maximum absolute atomic E-state index is 5.44. The van der Waals surface area contributed by atoms with Gasteiger partial charge in [0.15, 0.2) is 0 Å². The van der Waals surface area contributed by atoms with E-state index in [9.17, 15) is 0 Å². The van der Waals surface area contributed by atoms with Gasteiger partial charge in [-0.3, -0.25) is 10.3 Å². The second-order valence-electron chi connectivity index (χ2n) is 8.30. The summed E-state index contributed by atoms with van der Waals surface area (Å²) in [5.41, 5.74) is 5.71. The van der Waals surface area contributed by atoms with Gasteiger partial charge in [-0.25, -0.2) is 9.99 Å². The molecule has 0 spiro atoms. The number of likely N-dealkylation sites (tertiary alicyclic amines) is 1. The fraction of sp³-hybridized carbons (Fsp3) is 0.417. The SMILES string of the molecule is c1ccc(CN2CCC(Nc3nc(NN4CCOCC4)nc4ccccc34)CC2)cc1. The molecule has 2 N–H and O–H groups in total. The molecule has 3 heterocycles. The van der Waals surface area contributed by atoms with Gasteiger partial charge in [0, 0.05) is 44.2 Å². The number of fused-ring (bicyclic) bond motifs is 1. The van der Waals surface area contributed by atoms with Crippen LogP contribution >= 0.6 is 0 Å². The van der Waals surface area contributed by atoms with Crippen LogP contribution in [0.25, 0.3) is 10.9 Å². The molecule has 0 amide bonds. The Morgan fingerprint density at radius 1 is 0.871 bits per heavy atom. The fourth-order valence-corrected chi connectivity index (χ4v) is 4.32. The molecule has 2 saturated heterocycles. The number of hydrazine groups is 1. The van der Waals surface area contributed by atoms with Crippen molar-refractivity contribution in [1.29, 1.82) is 0 Å². The molecule has 2 fully saturated rings. The number of hydrogen-bond acceptors (Lipinski definition) is 7. The van der Waals surface area contributed by atoms with Crippen LogP contribution < -0.4 is 10.7 Å². The summed E-state index contributed by atoms with van der Waals surface area (Å²) in [6.07, 6.45) is 2.22. The Morgan fingerprint density at radius 2 is 1.61 bits per heavy atom. The van der Waals surface area contributed by atoms with Crippen LogP contribution in [0.5, 0.6) is 0 Å². The van der Waals surface area contributed by atoms with Gasteiger partial charge < -0.3 is 10.1 Å². The highest BCUT2D eigenvalue weighted by Crippen LogP contribution is 2.25. The molecule has 31 heavy (non-hydrogen) atoms. The van der Waals surface area contributed by atoms with Gasteiger partial charge in [-0.15, -0.1) is 0 Å². The largest absolute Gasteiger partial charge is 0.379 e. The van der Waals surface area contributed by atoms with E-state index < -0.39 is 0 Å². The van der Waals surface area contributed by atoms with Gasteiger partial charge in [-0.2, -0.15) is 4.98 Å². The minimum Gasteiger partial charge on any atom is -0.379 e. The summed E-state index contributed by atoms with van der Waals surface area (Å²) in [6, 6.07) is 19.4. The molecule has 2 aliphatic rings. The van der Waals surface area contributed by atoms with Gasteiger partial charge in [-0.1, -0.05) is 42.5 Å². The summed E-state index contributed by atoms with van der Waals surface area (Å²) in [4.78, 5) is 12.1. The van der Waals surface area contributed by atoms with Crippen molar-refractivity contribution in [1.82, 2.24) is 19.9 Å². The minimum atomic E-state index is 0.418. The second-order valence-corrected chi connectivity index (χ2v) is 8.30. The van der Waals surface area contributed by atoms with Crippen LogP contribution in [-0.4, -0.2) is 65.3 Å². The molecule has 1 aromatic heterocycles. The Labute approximate surface area is 183 Å². The number of morpholine rings is 1. The molecule has 5 rings (SSSR count). The third-order valence-electron chi connectivity index (χ3n) is 6.05. The lowest BCUT2D eigenvalue weighted by Crippen LogP contribution is -2.41. The highest BCUT2D eigenvalue weighted by atomic mass is 16.5. The molecule has 0 radical (unpaired) electrons. The van der Waals surface area contributed by atoms with Crippen LogP contribution in [0, 0.1) is 0 Å². The highest BCUT2D eigenvalue weighted by molar-refractivity contribution is 5.90. The van der Waals surface area contributed by atoms with Crippen molar-refractivity contribution in [2.75, 3.05) is 50.1 Å². The maximum atomic E-state index is 5.44. The number of hydrogen-bond donors (Lipinski definition) is 2. The third kappa shape index (κ3) is 5.12. The number of piperidine rings is 1. The monoisotopic (exact) mass is 418 g/mol. The van der Waals surface area contributed by atoms with E-state index in [0.717, 1.165) is 75.5 Å². The topological polar surface area (TPSA) is 65.5 Å². The summed E-state index contributed by atoms with van der Waals surface area (Å²) in [6.45, 7) is 6.33. The number of rotatable bonds is 6. The number of anilines is 2. The average molecular weight is 419 g/mol. The van der Waals surface area contributed by atoms with E-state index in [0.29, 0.717) is 12.0 Å². The Hall–Kier alpha value is -2.74. The average Bonchev–Trinajstić information content (AvgIpc) is 2.82. The lowest BCUT2D eigenvalue weighted by atomic mass is 10.0. The van der Waals surface area contributed by atoms with Crippen LogP contribution in [0.2, 0.25) is 0 Å². The van der Waals surface area contributed by atoms with Crippen molar-refractivity contribution < 1.29 is 4.74 Å². The van der Waals surface area contributed by atoms with E-state index in [2.05, 4.69) is 69.2 Å². The molecular formula is C24H30N6O. The number of aromatic nitrogens is 2. The predicted molar refractivity (Wildman–Crippen MR) is 124 cm³/mol. The van der Waals surface area contributed by atoms with Gasteiger partial charge in [-0.05, 0) is 30.5 Å². The second kappa shape index (κ2) is 9.60. The van der Waals surface area contributed by atoms with E-state index >= 15 is 0 Å². The molecule has 0 unspecified atom stereocenters. The van der Waals surface area contributed by atoms with Crippen LogP contribution in [0.1, 0.15) is 18.4 Å². The van der Waals surface area contributed by atoms with Crippen molar-refractivity contribution in [2.45, 2.75) is 25.4 Å².